The van der Waals surface area contributed by atoms with Crippen LogP contribution in [0.1, 0.15) is 24.6 Å². The van der Waals surface area contributed by atoms with Crippen molar-refractivity contribution in [3.05, 3.63) is 35.5 Å². The molecule has 3 heteroatoms. The van der Waals surface area contributed by atoms with E-state index in [1.165, 1.54) is 16.6 Å². The summed E-state index contributed by atoms with van der Waals surface area (Å²) in [6, 6.07) is 8.27. The Morgan fingerprint density at radius 1 is 1.41 bits per heavy atom. The Labute approximate surface area is 101 Å². The van der Waals surface area contributed by atoms with E-state index in [1.807, 2.05) is 12.1 Å². The summed E-state index contributed by atoms with van der Waals surface area (Å²) >= 11 is 0. The van der Waals surface area contributed by atoms with Gasteiger partial charge in [0.05, 0.1) is 0 Å². The highest BCUT2D eigenvalue weighted by Gasteiger charge is 2.08. The molecule has 0 saturated heterocycles. The fourth-order valence-corrected chi connectivity index (χ4v) is 2.36. The number of carboxylic acid groups (broad SMARTS) is 1. The van der Waals surface area contributed by atoms with Crippen LogP contribution < -0.4 is 0 Å². The molecule has 0 radical (unpaired) electrons. The predicted molar refractivity (Wildman–Crippen MR) is 68.3 cm³/mol. The molecule has 1 aromatic carbocycles. The third-order valence-corrected chi connectivity index (χ3v) is 3.17. The molecule has 0 atom stereocenters. The first-order chi connectivity index (χ1) is 8.13. The average molecular weight is 231 g/mol. The number of aryl methyl sites for hydroxylation is 3. The third-order valence-electron chi connectivity index (χ3n) is 3.17. The van der Waals surface area contributed by atoms with Gasteiger partial charge in [-0.05, 0) is 38.0 Å². The van der Waals surface area contributed by atoms with Crippen LogP contribution in [0.2, 0.25) is 0 Å². The molecular formula is C14H17NO2. The summed E-state index contributed by atoms with van der Waals surface area (Å²) in [6.07, 6.45) is 0.787. The van der Waals surface area contributed by atoms with E-state index < -0.39 is 5.97 Å². The van der Waals surface area contributed by atoms with Gasteiger partial charge in [-0.1, -0.05) is 12.1 Å². The molecule has 2 rings (SSSR count). The van der Waals surface area contributed by atoms with Gasteiger partial charge in [-0.25, -0.2) is 0 Å². The highest BCUT2D eigenvalue weighted by Crippen LogP contribution is 2.24. The van der Waals surface area contributed by atoms with Crippen LogP contribution in [0.15, 0.2) is 24.3 Å². The van der Waals surface area contributed by atoms with Crippen LogP contribution in [-0.4, -0.2) is 15.6 Å². The average Bonchev–Trinajstić information content (AvgIpc) is 2.62. The number of hydrogen-bond donors (Lipinski definition) is 1. The van der Waals surface area contributed by atoms with Gasteiger partial charge < -0.3 is 9.67 Å². The van der Waals surface area contributed by atoms with Gasteiger partial charge in [0.25, 0.3) is 0 Å². The summed E-state index contributed by atoms with van der Waals surface area (Å²) in [6.45, 7) is 5.15. The Morgan fingerprint density at radius 3 is 2.82 bits per heavy atom. The highest BCUT2D eigenvalue weighted by atomic mass is 16.4. The predicted octanol–water partition coefficient (Wildman–Crippen LogP) is 2.99. The third kappa shape index (κ3) is 2.18. The van der Waals surface area contributed by atoms with Crippen molar-refractivity contribution >= 4 is 16.9 Å². The maximum atomic E-state index is 10.6. The summed E-state index contributed by atoms with van der Waals surface area (Å²) in [5, 5.41) is 9.94. The van der Waals surface area contributed by atoms with Gasteiger partial charge in [-0.2, -0.15) is 0 Å². The van der Waals surface area contributed by atoms with Crippen molar-refractivity contribution < 1.29 is 9.90 Å². The van der Waals surface area contributed by atoms with E-state index in [1.54, 1.807) is 0 Å². The van der Waals surface area contributed by atoms with E-state index in [0.717, 1.165) is 12.1 Å². The number of aromatic nitrogens is 1. The summed E-state index contributed by atoms with van der Waals surface area (Å²) in [7, 11) is 0. The second kappa shape index (κ2) is 4.62. The Morgan fingerprint density at radius 2 is 2.18 bits per heavy atom. The minimum atomic E-state index is -0.742. The van der Waals surface area contributed by atoms with Gasteiger partial charge in [-0.3, -0.25) is 4.79 Å². The molecule has 0 spiro atoms. The molecule has 3 nitrogen and oxygen atoms in total. The second-order valence-electron chi connectivity index (χ2n) is 4.27. The number of carbonyl (C=O) groups is 1. The summed E-state index contributed by atoms with van der Waals surface area (Å²) in [4.78, 5) is 10.6. The summed E-state index contributed by atoms with van der Waals surface area (Å²) in [5.41, 5.74) is 3.55. The standard InChI is InChI=1S/C14H17NO2/c1-3-15-10(2)9-12-11(7-8-14(16)17)5-4-6-13(12)15/h4-6,9H,3,7-8H2,1-2H3,(H,16,17). The van der Waals surface area contributed by atoms with Crippen LogP contribution in [0.4, 0.5) is 0 Å². The molecule has 0 unspecified atom stereocenters. The normalized spacial score (nSPS) is 10.9. The van der Waals surface area contributed by atoms with Crippen LogP contribution in [0.3, 0.4) is 0 Å². The number of rotatable bonds is 4. The maximum Gasteiger partial charge on any atom is 0.303 e. The number of hydrogen-bond acceptors (Lipinski definition) is 1. The first kappa shape index (κ1) is 11.7. The zero-order chi connectivity index (χ0) is 12.4. The molecule has 0 aliphatic rings. The van der Waals surface area contributed by atoms with Crippen molar-refractivity contribution in [2.75, 3.05) is 0 Å². The Kier molecular flexibility index (Phi) is 3.18. The summed E-state index contributed by atoms with van der Waals surface area (Å²) in [5.74, 6) is -0.742. The topological polar surface area (TPSA) is 42.2 Å². The number of nitrogens with zero attached hydrogens (tertiary/aromatic N) is 1. The number of benzene rings is 1. The molecule has 1 N–H and O–H groups in total. The smallest absolute Gasteiger partial charge is 0.303 e. The molecule has 0 aliphatic carbocycles. The molecule has 2 aromatic rings. The fourth-order valence-electron chi connectivity index (χ4n) is 2.36. The minimum absolute atomic E-state index is 0.190. The molecule has 17 heavy (non-hydrogen) atoms. The van der Waals surface area contributed by atoms with Gasteiger partial charge in [0.2, 0.25) is 0 Å². The van der Waals surface area contributed by atoms with Gasteiger partial charge >= 0.3 is 5.97 Å². The molecule has 0 saturated carbocycles. The molecule has 90 valence electrons. The zero-order valence-electron chi connectivity index (χ0n) is 10.2. The van der Waals surface area contributed by atoms with Crippen LogP contribution in [0, 0.1) is 6.92 Å². The van der Waals surface area contributed by atoms with Crippen molar-refractivity contribution in [2.24, 2.45) is 0 Å². The maximum absolute atomic E-state index is 10.6. The van der Waals surface area contributed by atoms with Crippen molar-refractivity contribution in [3.63, 3.8) is 0 Å². The van der Waals surface area contributed by atoms with E-state index in [0.29, 0.717) is 6.42 Å². The molecule has 0 amide bonds. The first-order valence-corrected chi connectivity index (χ1v) is 5.93. The second-order valence-corrected chi connectivity index (χ2v) is 4.27. The molecule has 0 aliphatic heterocycles. The quantitative estimate of drug-likeness (QED) is 0.879. The van der Waals surface area contributed by atoms with Crippen LogP contribution in [0.25, 0.3) is 10.9 Å². The molecular weight excluding hydrogens is 214 g/mol. The monoisotopic (exact) mass is 231 g/mol. The van der Waals surface area contributed by atoms with Crippen LogP contribution in [0.5, 0.6) is 0 Å². The number of carboxylic acids is 1. The lowest BCUT2D eigenvalue weighted by Gasteiger charge is -2.05. The Hall–Kier alpha value is -1.77. The van der Waals surface area contributed by atoms with Crippen molar-refractivity contribution in [3.8, 4) is 0 Å². The first-order valence-electron chi connectivity index (χ1n) is 5.93. The van der Waals surface area contributed by atoms with Crippen molar-refractivity contribution in [1.82, 2.24) is 4.57 Å². The van der Waals surface area contributed by atoms with Gasteiger partial charge in [0.15, 0.2) is 0 Å². The summed E-state index contributed by atoms with van der Waals surface area (Å²) < 4.78 is 2.25. The van der Waals surface area contributed by atoms with Crippen molar-refractivity contribution in [2.45, 2.75) is 33.2 Å². The van der Waals surface area contributed by atoms with E-state index in [4.69, 9.17) is 5.11 Å². The largest absolute Gasteiger partial charge is 0.481 e. The highest BCUT2D eigenvalue weighted by molar-refractivity contribution is 5.85. The molecule has 0 bridgehead atoms. The van der Waals surface area contributed by atoms with Crippen LogP contribution in [-0.2, 0) is 17.8 Å². The number of aliphatic carboxylic acids is 1. The lowest BCUT2D eigenvalue weighted by atomic mass is 10.1. The molecule has 1 aromatic heterocycles. The van der Waals surface area contributed by atoms with Gasteiger partial charge in [-0.15, -0.1) is 0 Å². The van der Waals surface area contributed by atoms with Crippen molar-refractivity contribution in [1.29, 1.82) is 0 Å². The molecule has 0 fully saturated rings. The lowest BCUT2D eigenvalue weighted by molar-refractivity contribution is -0.136. The Balaban J connectivity index is 2.47. The Bertz CT molecular complexity index is 555. The lowest BCUT2D eigenvalue weighted by Crippen LogP contribution is -1.98. The van der Waals surface area contributed by atoms with E-state index in [9.17, 15) is 4.79 Å². The zero-order valence-corrected chi connectivity index (χ0v) is 10.2. The van der Waals surface area contributed by atoms with Gasteiger partial charge in [0, 0.05) is 29.6 Å². The number of fused-ring (bicyclic) bond motifs is 1. The van der Waals surface area contributed by atoms with E-state index in [2.05, 4.69) is 30.5 Å². The SMILES string of the molecule is CCn1c(C)cc2c(CCC(=O)O)cccc21. The molecule has 1 heterocycles. The minimum Gasteiger partial charge on any atom is -0.481 e. The fraction of sp³-hybridized carbons (Fsp3) is 0.357. The van der Waals surface area contributed by atoms with Crippen LogP contribution >= 0.6 is 0 Å². The van der Waals surface area contributed by atoms with E-state index in [-0.39, 0.29) is 6.42 Å². The van der Waals surface area contributed by atoms with Gasteiger partial charge in [0.1, 0.15) is 0 Å². The van der Waals surface area contributed by atoms with E-state index >= 15 is 0 Å².